The Labute approximate surface area is 171 Å². The number of methoxy groups -OCH3 is 1. The van der Waals surface area contributed by atoms with E-state index < -0.39 is 23.7 Å². The van der Waals surface area contributed by atoms with Gasteiger partial charge in [-0.2, -0.15) is 10.4 Å². The highest BCUT2D eigenvalue weighted by atomic mass is 19.1. The van der Waals surface area contributed by atoms with Gasteiger partial charge in [-0.15, -0.1) is 0 Å². The summed E-state index contributed by atoms with van der Waals surface area (Å²) in [5.74, 6) is -0.870. The number of carbonyl (C=O) groups excluding carboxylic acids is 2. The predicted molar refractivity (Wildman–Crippen MR) is 107 cm³/mol. The second-order valence-corrected chi connectivity index (χ2v) is 6.15. The van der Waals surface area contributed by atoms with Gasteiger partial charge < -0.3 is 10.1 Å². The Kier molecular flexibility index (Phi) is 6.34. The standard InChI is InChI=1S/C20H17FN6O3/c1-30-17-5-3-2-4-12(17)11-23-27-20-25-16(19(29)26-20)9-18(28)24-15-7-6-14(21)8-13(15)10-22/h2-8,11,16H,9H2,1H3,(H,24,28)(H2,25,26,27,29)/b23-11-/t16-/m1/s1. The number of nitrogens with one attached hydrogen (secondary N) is 3. The van der Waals surface area contributed by atoms with Crippen LogP contribution in [0.5, 0.6) is 5.75 Å². The number of nitriles is 1. The van der Waals surface area contributed by atoms with E-state index in [0.29, 0.717) is 5.75 Å². The largest absolute Gasteiger partial charge is 0.496 e. The van der Waals surface area contributed by atoms with E-state index in [0.717, 1.165) is 17.7 Å². The highest BCUT2D eigenvalue weighted by Gasteiger charge is 2.28. The summed E-state index contributed by atoms with van der Waals surface area (Å²) in [5, 5.41) is 18.0. The molecule has 0 spiro atoms. The first-order valence-electron chi connectivity index (χ1n) is 8.80. The zero-order valence-corrected chi connectivity index (χ0v) is 15.8. The number of rotatable bonds is 6. The molecule has 152 valence electrons. The number of hydrogen-bond acceptors (Lipinski definition) is 7. The van der Waals surface area contributed by atoms with Crippen molar-refractivity contribution in [1.82, 2.24) is 10.7 Å². The Morgan fingerprint density at radius 3 is 2.97 bits per heavy atom. The molecular formula is C20H17FN6O3. The third-order valence-electron chi connectivity index (χ3n) is 4.10. The van der Waals surface area contributed by atoms with Crippen molar-refractivity contribution in [3.05, 3.63) is 59.4 Å². The molecule has 0 bridgehead atoms. The fourth-order valence-electron chi connectivity index (χ4n) is 2.67. The van der Waals surface area contributed by atoms with Crippen LogP contribution in [0.1, 0.15) is 17.5 Å². The van der Waals surface area contributed by atoms with Gasteiger partial charge in [0.2, 0.25) is 11.9 Å². The molecule has 3 rings (SSSR count). The molecule has 2 amide bonds. The molecule has 0 radical (unpaired) electrons. The molecule has 2 aromatic carbocycles. The number of ether oxygens (including phenoxy) is 1. The van der Waals surface area contributed by atoms with Crippen molar-refractivity contribution in [2.45, 2.75) is 12.5 Å². The number of nitrogens with zero attached hydrogens (tertiary/aromatic N) is 3. The third-order valence-corrected chi connectivity index (χ3v) is 4.10. The molecular weight excluding hydrogens is 391 g/mol. The number of aliphatic imine (C=N–C) groups is 1. The van der Waals surface area contributed by atoms with Crippen molar-refractivity contribution in [3.63, 3.8) is 0 Å². The topological polar surface area (TPSA) is 128 Å². The number of hydrogen-bond donors (Lipinski definition) is 3. The number of hydrazone groups is 1. The molecule has 0 fully saturated rings. The van der Waals surface area contributed by atoms with Crippen molar-refractivity contribution >= 4 is 29.7 Å². The molecule has 1 aliphatic heterocycles. The normalized spacial score (nSPS) is 15.3. The first-order valence-corrected chi connectivity index (χ1v) is 8.80. The third kappa shape index (κ3) is 4.96. The average molecular weight is 408 g/mol. The summed E-state index contributed by atoms with van der Waals surface area (Å²) in [6.45, 7) is 0. The maximum Gasteiger partial charge on any atom is 0.252 e. The Balaban J connectivity index is 1.60. The summed E-state index contributed by atoms with van der Waals surface area (Å²) in [6, 6.07) is 11.5. The quantitative estimate of drug-likeness (QED) is 0.493. The maximum absolute atomic E-state index is 13.2. The lowest BCUT2D eigenvalue weighted by Crippen LogP contribution is -2.35. The monoisotopic (exact) mass is 408 g/mol. The number of amides is 2. The summed E-state index contributed by atoms with van der Waals surface area (Å²) in [6.07, 6.45) is 1.25. The first kappa shape index (κ1) is 20.5. The summed E-state index contributed by atoms with van der Waals surface area (Å²) >= 11 is 0. The summed E-state index contributed by atoms with van der Waals surface area (Å²) in [7, 11) is 1.54. The van der Waals surface area contributed by atoms with E-state index >= 15 is 0 Å². The van der Waals surface area contributed by atoms with E-state index in [2.05, 4.69) is 26.2 Å². The fraction of sp³-hybridized carbons (Fsp3) is 0.150. The summed E-state index contributed by atoms with van der Waals surface area (Å²) in [4.78, 5) is 28.4. The minimum Gasteiger partial charge on any atom is -0.496 e. The van der Waals surface area contributed by atoms with Crippen LogP contribution >= 0.6 is 0 Å². The molecule has 1 aliphatic rings. The van der Waals surface area contributed by atoms with Crippen LogP contribution in [0.15, 0.2) is 52.6 Å². The van der Waals surface area contributed by atoms with Gasteiger partial charge in [0, 0.05) is 5.56 Å². The van der Waals surface area contributed by atoms with Crippen LogP contribution in [0, 0.1) is 17.1 Å². The lowest BCUT2D eigenvalue weighted by molar-refractivity contribution is -0.123. The van der Waals surface area contributed by atoms with Gasteiger partial charge in [-0.05, 0) is 30.3 Å². The molecule has 2 aromatic rings. The van der Waals surface area contributed by atoms with Gasteiger partial charge in [-0.3, -0.25) is 14.9 Å². The predicted octanol–water partition coefficient (Wildman–Crippen LogP) is 1.51. The van der Waals surface area contributed by atoms with Gasteiger partial charge in [0.15, 0.2) is 0 Å². The Hall–Kier alpha value is -4.26. The van der Waals surface area contributed by atoms with E-state index in [-0.39, 0.29) is 23.6 Å². The van der Waals surface area contributed by atoms with Crippen LogP contribution in [0.2, 0.25) is 0 Å². The molecule has 30 heavy (non-hydrogen) atoms. The summed E-state index contributed by atoms with van der Waals surface area (Å²) < 4.78 is 18.4. The van der Waals surface area contributed by atoms with Crippen molar-refractivity contribution < 1.29 is 18.7 Å². The number of para-hydroxylation sites is 1. The smallest absolute Gasteiger partial charge is 0.252 e. The number of halogens is 1. The highest BCUT2D eigenvalue weighted by Crippen LogP contribution is 2.17. The molecule has 0 saturated heterocycles. The van der Waals surface area contributed by atoms with Crippen LogP contribution in [0.25, 0.3) is 0 Å². The van der Waals surface area contributed by atoms with Gasteiger partial charge in [0.25, 0.3) is 5.91 Å². The minimum atomic E-state index is -0.958. The van der Waals surface area contributed by atoms with Crippen molar-refractivity contribution in [3.8, 4) is 11.8 Å². The minimum absolute atomic E-state index is 0.0178. The molecule has 0 aromatic heterocycles. The number of anilines is 1. The fourth-order valence-corrected chi connectivity index (χ4v) is 2.67. The molecule has 1 heterocycles. The van der Waals surface area contributed by atoms with Crippen molar-refractivity contribution in [2.24, 2.45) is 10.1 Å². The van der Waals surface area contributed by atoms with Crippen molar-refractivity contribution in [2.75, 3.05) is 12.4 Å². The molecule has 0 unspecified atom stereocenters. The second-order valence-electron chi connectivity index (χ2n) is 6.15. The lowest BCUT2D eigenvalue weighted by Gasteiger charge is -2.08. The van der Waals surface area contributed by atoms with Gasteiger partial charge in [-0.1, -0.05) is 12.1 Å². The highest BCUT2D eigenvalue weighted by molar-refractivity contribution is 6.07. The molecule has 1 atom stereocenters. The number of carbonyl (C=O) groups is 2. The van der Waals surface area contributed by atoms with E-state index in [1.807, 2.05) is 12.1 Å². The van der Waals surface area contributed by atoms with Crippen LogP contribution in [-0.4, -0.2) is 37.1 Å². The Morgan fingerprint density at radius 1 is 1.40 bits per heavy atom. The SMILES string of the molecule is COc1ccccc1/C=N\NC1=N[C@H](CC(=O)Nc2ccc(F)cc2C#N)C(=O)N1. The van der Waals surface area contributed by atoms with Gasteiger partial charge in [-0.25, -0.2) is 14.8 Å². The summed E-state index contributed by atoms with van der Waals surface area (Å²) in [5.41, 5.74) is 3.47. The zero-order valence-electron chi connectivity index (χ0n) is 15.8. The number of benzene rings is 2. The Morgan fingerprint density at radius 2 is 2.20 bits per heavy atom. The second kappa shape index (κ2) is 9.29. The molecule has 0 saturated carbocycles. The average Bonchev–Trinajstić information content (AvgIpc) is 3.08. The van der Waals surface area contributed by atoms with Crippen LogP contribution in [0.4, 0.5) is 10.1 Å². The van der Waals surface area contributed by atoms with E-state index in [1.165, 1.54) is 12.3 Å². The molecule has 0 aliphatic carbocycles. The van der Waals surface area contributed by atoms with Gasteiger partial charge >= 0.3 is 0 Å². The van der Waals surface area contributed by atoms with E-state index in [4.69, 9.17) is 10.00 Å². The van der Waals surface area contributed by atoms with Gasteiger partial charge in [0.1, 0.15) is 23.7 Å². The zero-order chi connectivity index (χ0) is 21.5. The van der Waals surface area contributed by atoms with Crippen LogP contribution in [-0.2, 0) is 9.59 Å². The molecule has 3 N–H and O–H groups in total. The van der Waals surface area contributed by atoms with Crippen molar-refractivity contribution in [1.29, 1.82) is 5.26 Å². The molecule has 10 heteroatoms. The maximum atomic E-state index is 13.2. The van der Waals surface area contributed by atoms with Crippen LogP contribution in [0.3, 0.4) is 0 Å². The van der Waals surface area contributed by atoms with Crippen LogP contribution < -0.4 is 20.8 Å². The Bertz CT molecular complexity index is 1080. The first-order chi connectivity index (χ1) is 14.5. The number of guanidine groups is 1. The van der Waals surface area contributed by atoms with Gasteiger partial charge in [0.05, 0.1) is 31.0 Å². The van der Waals surface area contributed by atoms with E-state index in [1.54, 1.807) is 25.3 Å². The van der Waals surface area contributed by atoms with E-state index in [9.17, 15) is 14.0 Å². The molecule has 9 nitrogen and oxygen atoms in total. The lowest BCUT2D eigenvalue weighted by atomic mass is 10.1.